The lowest BCUT2D eigenvalue weighted by atomic mass is 11.0. The highest BCUT2D eigenvalue weighted by atomic mass is 127. The monoisotopic (exact) mass is 209 g/mol. The molecule has 7 heavy (non-hydrogen) atoms. The Hall–Kier alpha value is -0.260. The molecule has 38 valence electrons. The van der Waals surface area contributed by atoms with Crippen LogP contribution in [0.3, 0.4) is 0 Å². The molecule has 1 aliphatic rings. The number of hydrogen-bond donors (Lipinski definition) is 1. The molecule has 0 fully saturated rings. The molecule has 0 radical (unpaired) electrons. The highest BCUT2D eigenvalue weighted by Gasteiger charge is 1.82. The van der Waals surface area contributed by atoms with Crippen LogP contribution >= 0.6 is 20.7 Å². The highest BCUT2D eigenvalue weighted by Crippen LogP contribution is 1.92. The van der Waals surface area contributed by atoms with Crippen molar-refractivity contribution in [2.45, 2.75) is 0 Å². The summed E-state index contributed by atoms with van der Waals surface area (Å²) in [4.78, 5) is 7.50. The molecule has 1 aliphatic heterocycles. The molecule has 1 rings (SSSR count). The van der Waals surface area contributed by atoms with E-state index in [0.717, 1.165) is 0 Å². The van der Waals surface area contributed by atoms with Crippen molar-refractivity contribution in [3.8, 4) is 0 Å². The lowest BCUT2D eigenvalue weighted by Gasteiger charge is -1.87. The fourth-order valence-corrected chi connectivity index (χ4v) is 1.25. The molecule has 0 spiro atoms. The molecule has 0 aromatic heterocycles. The van der Waals surface area contributed by atoms with Crippen LogP contribution in [0.1, 0.15) is 0 Å². The van der Waals surface area contributed by atoms with E-state index in [2.05, 4.69) is 9.98 Å². The van der Waals surface area contributed by atoms with Crippen LogP contribution in [0.2, 0.25) is 0 Å². The van der Waals surface area contributed by atoms with E-state index in [9.17, 15) is 0 Å². The number of nitrogens with zero attached hydrogens (tertiary/aromatic N) is 2. The van der Waals surface area contributed by atoms with Gasteiger partial charge in [-0.15, -0.1) is 0 Å². The van der Waals surface area contributed by atoms with Gasteiger partial charge in [0.25, 0.3) is 0 Å². The Bertz CT molecular complexity index is 146. The van der Waals surface area contributed by atoms with Gasteiger partial charge in [-0.25, -0.2) is 9.98 Å². The van der Waals surface area contributed by atoms with Crippen molar-refractivity contribution in [2.75, 3.05) is 0 Å². The van der Waals surface area contributed by atoms with Gasteiger partial charge >= 0.3 is 0 Å². The normalized spacial score (nSPS) is 18.0. The van der Waals surface area contributed by atoms with Crippen LogP contribution < -0.4 is 5.73 Å². The van der Waals surface area contributed by atoms with Gasteiger partial charge in [0.15, 0.2) is 0 Å². The summed E-state index contributed by atoms with van der Waals surface area (Å²) >= 11 is 0.00337. The maximum absolute atomic E-state index is 5.17. The van der Waals surface area contributed by atoms with Gasteiger partial charge in [-0.3, -0.25) is 0 Å². The summed E-state index contributed by atoms with van der Waals surface area (Å²) in [5, 5.41) is 0. The highest BCUT2D eigenvalue weighted by molar-refractivity contribution is 14.2. The minimum atomic E-state index is 0.00337. The smallest absolute Gasteiger partial charge is 0.220 e. The summed E-state index contributed by atoms with van der Waals surface area (Å²) in [7, 11) is 0. The Balaban J connectivity index is 2.82. The molecule has 0 aromatic rings. The molecule has 0 aromatic carbocycles. The standard InChI is InChI=1S/C3H4IN3/c5-3-6-1-4-2-7-3/h1-2H,(H2,5,6,7). The molecule has 4 heteroatoms. The van der Waals surface area contributed by atoms with Gasteiger partial charge in [-0.2, -0.15) is 0 Å². The molecular weight excluding hydrogens is 205 g/mol. The summed E-state index contributed by atoms with van der Waals surface area (Å²) in [5.41, 5.74) is 5.17. The quantitative estimate of drug-likeness (QED) is 0.564. The Morgan fingerprint density at radius 2 is 2.57 bits per heavy atom. The van der Waals surface area contributed by atoms with E-state index in [1.165, 1.54) is 0 Å². The predicted octanol–water partition coefficient (Wildman–Crippen LogP) is 0.0734. The van der Waals surface area contributed by atoms with Crippen LogP contribution in [-0.2, 0) is 0 Å². The molecule has 0 saturated carbocycles. The first-order valence-corrected chi connectivity index (χ1v) is 4.18. The Kier molecular flexibility index (Phi) is 1.50. The van der Waals surface area contributed by atoms with Crippen molar-refractivity contribution >= 4 is 35.0 Å². The summed E-state index contributed by atoms with van der Waals surface area (Å²) < 4.78 is 3.67. The third-order valence-electron chi connectivity index (χ3n) is 0.475. The van der Waals surface area contributed by atoms with Gasteiger partial charge in [-0.05, 0) is 0 Å². The maximum Gasteiger partial charge on any atom is 0.220 e. The third-order valence-corrected chi connectivity index (χ3v) is 1.68. The Morgan fingerprint density at radius 1 is 1.71 bits per heavy atom. The van der Waals surface area contributed by atoms with Gasteiger partial charge in [-0.1, -0.05) is 20.7 Å². The Labute approximate surface area is 51.1 Å². The third kappa shape index (κ3) is 1.34. The average Bonchev–Trinajstić information content (AvgIpc) is 1.69. The zero-order chi connectivity index (χ0) is 5.11. The van der Waals surface area contributed by atoms with Gasteiger partial charge in [0.2, 0.25) is 5.96 Å². The second-order valence-electron chi connectivity index (χ2n) is 0.938. The van der Waals surface area contributed by atoms with Crippen LogP contribution in [-0.4, -0.2) is 14.3 Å². The molecule has 0 saturated heterocycles. The lowest BCUT2D eigenvalue weighted by molar-refractivity contribution is 1.52. The first-order chi connectivity index (χ1) is 3.39. The molecule has 2 N–H and O–H groups in total. The van der Waals surface area contributed by atoms with Crippen molar-refractivity contribution in [3.63, 3.8) is 0 Å². The van der Waals surface area contributed by atoms with Crippen LogP contribution in [0.25, 0.3) is 0 Å². The average molecular weight is 209 g/mol. The van der Waals surface area contributed by atoms with Crippen LogP contribution in [0.5, 0.6) is 0 Å². The summed E-state index contributed by atoms with van der Waals surface area (Å²) in [6, 6.07) is 0. The van der Waals surface area contributed by atoms with Crippen molar-refractivity contribution in [1.29, 1.82) is 0 Å². The fourth-order valence-electron chi connectivity index (χ4n) is 0.215. The minimum Gasteiger partial charge on any atom is -0.368 e. The van der Waals surface area contributed by atoms with Gasteiger partial charge in [0.1, 0.15) is 0 Å². The summed E-state index contributed by atoms with van der Waals surface area (Å²) in [6.45, 7) is 0. The Morgan fingerprint density at radius 3 is 2.86 bits per heavy atom. The van der Waals surface area contributed by atoms with Crippen molar-refractivity contribution < 1.29 is 0 Å². The molecule has 1 heterocycles. The van der Waals surface area contributed by atoms with Crippen molar-refractivity contribution in [3.05, 3.63) is 0 Å². The number of halogens is 1. The molecule has 3 nitrogen and oxygen atoms in total. The van der Waals surface area contributed by atoms with Crippen molar-refractivity contribution in [2.24, 2.45) is 15.7 Å². The van der Waals surface area contributed by atoms with E-state index in [-0.39, 0.29) is 20.7 Å². The second-order valence-corrected chi connectivity index (χ2v) is 2.77. The van der Waals surface area contributed by atoms with E-state index in [4.69, 9.17) is 5.73 Å². The molecular formula is C3H4IN3. The maximum atomic E-state index is 5.17. The first-order valence-electron chi connectivity index (χ1n) is 1.69. The van der Waals surface area contributed by atoms with Gasteiger partial charge in [0.05, 0.1) is 8.36 Å². The number of hydrogen-bond acceptors (Lipinski definition) is 3. The van der Waals surface area contributed by atoms with E-state index >= 15 is 0 Å². The van der Waals surface area contributed by atoms with E-state index in [0.29, 0.717) is 5.96 Å². The van der Waals surface area contributed by atoms with E-state index in [1.807, 2.05) is 8.36 Å². The fraction of sp³-hybridized carbons (Fsp3) is 0. The van der Waals surface area contributed by atoms with Gasteiger partial charge in [0, 0.05) is 0 Å². The molecule has 0 bridgehead atoms. The molecule has 0 amide bonds. The summed E-state index contributed by atoms with van der Waals surface area (Å²) in [6.07, 6.45) is 0. The SMILES string of the molecule is NC1=NC=IC=N1. The summed E-state index contributed by atoms with van der Waals surface area (Å²) in [5.74, 6) is 0.381. The lowest BCUT2D eigenvalue weighted by Crippen LogP contribution is -2.08. The largest absolute Gasteiger partial charge is 0.368 e. The second kappa shape index (κ2) is 2.15. The van der Waals surface area contributed by atoms with E-state index < -0.39 is 0 Å². The topological polar surface area (TPSA) is 50.7 Å². The first kappa shape index (κ1) is 4.89. The molecule has 0 unspecified atom stereocenters. The van der Waals surface area contributed by atoms with Crippen molar-refractivity contribution in [1.82, 2.24) is 0 Å². The predicted molar refractivity (Wildman–Crippen MR) is 40.2 cm³/mol. The van der Waals surface area contributed by atoms with E-state index in [1.54, 1.807) is 0 Å². The zero-order valence-electron chi connectivity index (χ0n) is 3.50. The number of rotatable bonds is 0. The molecule has 0 aliphatic carbocycles. The van der Waals surface area contributed by atoms with Crippen LogP contribution in [0.4, 0.5) is 0 Å². The van der Waals surface area contributed by atoms with Crippen LogP contribution in [0, 0.1) is 0 Å². The minimum absolute atomic E-state index is 0.00337. The number of aliphatic imine (C=N–C) groups is 2. The van der Waals surface area contributed by atoms with Gasteiger partial charge < -0.3 is 5.73 Å². The number of nitrogens with two attached hydrogens (primary N) is 1. The number of guanidine groups is 1. The zero-order valence-corrected chi connectivity index (χ0v) is 5.66. The van der Waals surface area contributed by atoms with Crippen LogP contribution in [0.15, 0.2) is 9.98 Å². The molecule has 0 atom stereocenters.